The number of anilines is 1. The molecule has 0 atom stereocenters. The van der Waals surface area contributed by atoms with Crippen molar-refractivity contribution in [3.8, 4) is 0 Å². The average molecular weight is 389 g/mol. The van der Waals surface area contributed by atoms with Crippen molar-refractivity contribution in [3.63, 3.8) is 0 Å². The van der Waals surface area contributed by atoms with Gasteiger partial charge in [-0.3, -0.25) is 14.2 Å². The molecule has 0 aliphatic carbocycles. The van der Waals surface area contributed by atoms with Crippen molar-refractivity contribution >= 4 is 11.7 Å². The van der Waals surface area contributed by atoms with Crippen molar-refractivity contribution < 1.29 is 9.21 Å². The minimum Gasteiger partial charge on any atom is -0.454 e. The lowest BCUT2D eigenvalue weighted by molar-refractivity contribution is 0.0994. The molecule has 0 bridgehead atoms. The molecule has 0 aliphatic heterocycles. The Morgan fingerprint density at radius 2 is 1.90 bits per heavy atom. The van der Waals surface area contributed by atoms with E-state index in [4.69, 9.17) is 4.42 Å². The number of nitrogens with zero attached hydrogens (tertiary/aromatic N) is 4. The fraction of sp³-hybridized carbons (Fsp3) is 0.227. The topological polar surface area (TPSA) is 77.9 Å². The number of furan rings is 1. The predicted molar refractivity (Wildman–Crippen MR) is 110 cm³/mol. The van der Waals surface area contributed by atoms with Gasteiger partial charge in [-0.15, -0.1) is 0 Å². The van der Waals surface area contributed by atoms with E-state index in [1.807, 2.05) is 36.9 Å². The third kappa shape index (κ3) is 4.45. The highest BCUT2D eigenvalue weighted by molar-refractivity contribution is 6.01. The number of hydrogen-bond donors (Lipinski definition) is 1. The van der Waals surface area contributed by atoms with Gasteiger partial charge in [0.15, 0.2) is 11.6 Å². The van der Waals surface area contributed by atoms with Gasteiger partial charge in [-0.25, -0.2) is 0 Å². The van der Waals surface area contributed by atoms with E-state index in [-0.39, 0.29) is 11.7 Å². The zero-order valence-electron chi connectivity index (χ0n) is 16.7. The zero-order chi connectivity index (χ0) is 20.4. The van der Waals surface area contributed by atoms with Crippen LogP contribution in [0.4, 0.5) is 5.82 Å². The molecule has 3 heterocycles. The summed E-state index contributed by atoms with van der Waals surface area (Å²) in [6.45, 7) is 7.13. The highest BCUT2D eigenvalue weighted by atomic mass is 16.4. The molecule has 0 fully saturated rings. The summed E-state index contributed by atoms with van der Waals surface area (Å²) < 4.78 is 9.34. The van der Waals surface area contributed by atoms with Crippen molar-refractivity contribution in [2.45, 2.75) is 33.9 Å². The van der Waals surface area contributed by atoms with Crippen LogP contribution < -0.4 is 5.32 Å². The maximum atomic E-state index is 12.5. The first kappa shape index (κ1) is 18.7. The van der Waals surface area contributed by atoms with Gasteiger partial charge in [0.05, 0.1) is 18.8 Å². The van der Waals surface area contributed by atoms with Crippen LogP contribution >= 0.6 is 0 Å². The van der Waals surface area contributed by atoms with E-state index in [2.05, 4.69) is 40.6 Å². The molecular weight excluding hydrogens is 366 g/mol. The van der Waals surface area contributed by atoms with Crippen LogP contribution in [-0.2, 0) is 13.1 Å². The Kier molecular flexibility index (Phi) is 5.03. The smallest absolute Gasteiger partial charge is 0.292 e. The second-order valence-electron chi connectivity index (χ2n) is 7.19. The van der Waals surface area contributed by atoms with Crippen molar-refractivity contribution in [1.82, 2.24) is 19.6 Å². The van der Waals surface area contributed by atoms with Crippen molar-refractivity contribution in [2.24, 2.45) is 0 Å². The molecular formula is C22H23N5O2. The first-order valence-corrected chi connectivity index (χ1v) is 9.46. The minimum absolute atomic E-state index is 0.245. The van der Waals surface area contributed by atoms with E-state index in [1.165, 1.54) is 5.56 Å². The number of aromatic nitrogens is 4. The molecule has 3 aromatic heterocycles. The summed E-state index contributed by atoms with van der Waals surface area (Å²) in [5.41, 5.74) is 4.36. The third-order valence-electron chi connectivity index (χ3n) is 4.60. The largest absolute Gasteiger partial charge is 0.454 e. The van der Waals surface area contributed by atoms with Gasteiger partial charge in [-0.05, 0) is 44.5 Å². The SMILES string of the molecule is Cc1cccc(Cn2ccc(NC(=O)c3ccc(Cn4nc(C)cc4C)o3)n2)c1. The van der Waals surface area contributed by atoms with Gasteiger partial charge in [0, 0.05) is 18.0 Å². The molecule has 7 heteroatoms. The summed E-state index contributed by atoms with van der Waals surface area (Å²) in [4.78, 5) is 12.5. The van der Waals surface area contributed by atoms with E-state index >= 15 is 0 Å². The van der Waals surface area contributed by atoms with E-state index < -0.39 is 0 Å². The van der Waals surface area contributed by atoms with Gasteiger partial charge in [0.25, 0.3) is 5.91 Å². The number of carbonyl (C=O) groups is 1. The number of aryl methyl sites for hydroxylation is 3. The molecule has 148 valence electrons. The molecule has 7 nitrogen and oxygen atoms in total. The maximum absolute atomic E-state index is 12.5. The number of benzene rings is 1. The summed E-state index contributed by atoms with van der Waals surface area (Å²) in [5.74, 6) is 1.07. The summed E-state index contributed by atoms with van der Waals surface area (Å²) in [6.07, 6.45) is 1.84. The van der Waals surface area contributed by atoms with Crippen LogP contribution in [0.1, 0.15) is 38.8 Å². The van der Waals surface area contributed by atoms with Gasteiger partial charge in [-0.2, -0.15) is 10.2 Å². The van der Waals surface area contributed by atoms with Gasteiger partial charge >= 0.3 is 0 Å². The summed E-state index contributed by atoms with van der Waals surface area (Å²) in [6, 6.07) is 15.5. The van der Waals surface area contributed by atoms with Crippen LogP contribution in [0, 0.1) is 20.8 Å². The zero-order valence-corrected chi connectivity index (χ0v) is 16.7. The number of rotatable bonds is 6. The standard InChI is InChI=1S/C22H23N5O2/c1-15-5-4-6-18(11-15)13-26-10-9-21(25-26)23-22(28)20-8-7-19(29-20)14-27-17(3)12-16(2)24-27/h4-12H,13-14H2,1-3H3,(H,23,25,28). The number of nitrogens with one attached hydrogen (secondary N) is 1. The lowest BCUT2D eigenvalue weighted by atomic mass is 10.1. The highest BCUT2D eigenvalue weighted by Gasteiger charge is 2.14. The Bertz CT molecular complexity index is 1150. The fourth-order valence-electron chi connectivity index (χ4n) is 3.26. The van der Waals surface area contributed by atoms with Crippen LogP contribution in [0.2, 0.25) is 0 Å². The van der Waals surface area contributed by atoms with Gasteiger partial charge < -0.3 is 9.73 Å². The molecule has 0 saturated carbocycles. The Balaban J connectivity index is 1.39. The minimum atomic E-state index is -0.328. The fourth-order valence-corrected chi connectivity index (χ4v) is 3.26. The van der Waals surface area contributed by atoms with Crippen LogP contribution in [0.15, 0.2) is 59.1 Å². The first-order chi connectivity index (χ1) is 14.0. The molecule has 1 aromatic carbocycles. The second-order valence-corrected chi connectivity index (χ2v) is 7.19. The molecule has 0 aliphatic rings. The van der Waals surface area contributed by atoms with Gasteiger partial charge in [0.1, 0.15) is 5.76 Å². The summed E-state index contributed by atoms with van der Waals surface area (Å²) in [5, 5.41) is 11.6. The summed E-state index contributed by atoms with van der Waals surface area (Å²) in [7, 11) is 0. The number of amides is 1. The number of hydrogen-bond acceptors (Lipinski definition) is 4. The Morgan fingerprint density at radius 1 is 1.03 bits per heavy atom. The lowest BCUT2D eigenvalue weighted by Crippen LogP contribution is -2.12. The van der Waals surface area contributed by atoms with E-state index in [0.29, 0.717) is 24.7 Å². The lowest BCUT2D eigenvalue weighted by Gasteiger charge is -2.03. The Morgan fingerprint density at radius 3 is 2.66 bits per heavy atom. The molecule has 29 heavy (non-hydrogen) atoms. The first-order valence-electron chi connectivity index (χ1n) is 9.46. The predicted octanol–water partition coefficient (Wildman–Crippen LogP) is 3.95. The van der Waals surface area contributed by atoms with Crippen molar-refractivity contribution in [1.29, 1.82) is 0 Å². The molecule has 0 radical (unpaired) electrons. The highest BCUT2D eigenvalue weighted by Crippen LogP contribution is 2.14. The third-order valence-corrected chi connectivity index (χ3v) is 4.60. The monoisotopic (exact) mass is 389 g/mol. The molecule has 4 rings (SSSR count). The molecule has 1 N–H and O–H groups in total. The van der Waals surface area contributed by atoms with E-state index in [1.54, 1.807) is 22.9 Å². The average Bonchev–Trinajstić information content (AvgIpc) is 3.37. The Hall–Kier alpha value is -3.61. The maximum Gasteiger partial charge on any atom is 0.292 e. The van der Waals surface area contributed by atoms with Crippen LogP contribution in [0.3, 0.4) is 0 Å². The summed E-state index contributed by atoms with van der Waals surface area (Å²) >= 11 is 0. The normalized spacial score (nSPS) is 11.0. The van der Waals surface area contributed by atoms with Crippen molar-refractivity contribution in [3.05, 3.63) is 88.8 Å². The number of carbonyl (C=O) groups excluding carboxylic acids is 1. The van der Waals surface area contributed by atoms with Crippen LogP contribution in [0.5, 0.6) is 0 Å². The van der Waals surface area contributed by atoms with Gasteiger partial charge in [-0.1, -0.05) is 29.8 Å². The van der Waals surface area contributed by atoms with Crippen molar-refractivity contribution in [2.75, 3.05) is 5.32 Å². The molecule has 0 spiro atoms. The molecule has 0 unspecified atom stereocenters. The second kappa shape index (κ2) is 7.79. The van der Waals surface area contributed by atoms with Crippen LogP contribution in [-0.4, -0.2) is 25.5 Å². The molecule has 1 amide bonds. The van der Waals surface area contributed by atoms with Gasteiger partial charge in [0.2, 0.25) is 0 Å². The quantitative estimate of drug-likeness (QED) is 0.542. The Labute approximate surface area is 169 Å². The van der Waals surface area contributed by atoms with Crippen LogP contribution in [0.25, 0.3) is 0 Å². The van der Waals surface area contributed by atoms with E-state index in [0.717, 1.165) is 17.0 Å². The molecule has 4 aromatic rings. The molecule has 0 saturated heterocycles. The van der Waals surface area contributed by atoms with E-state index in [9.17, 15) is 4.79 Å².